The lowest BCUT2D eigenvalue weighted by molar-refractivity contribution is -0.115. The molecule has 19 heavy (non-hydrogen) atoms. The number of aromatic nitrogens is 2. The molecule has 0 bridgehead atoms. The third-order valence-electron chi connectivity index (χ3n) is 3.33. The molecule has 1 aliphatic heterocycles. The smallest absolute Gasteiger partial charge is 0.228 e. The van der Waals surface area contributed by atoms with E-state index in [0.717, 1.165) is 28.3 Å². The van der Waals surface area contributed by atoms with Crippen molar-refractivity contribution < 1.29 is 9.90 Å². The lowest BCUT2D eigenvalue weighted by Crippen LogP contribution is -2.03. The summed E-state index contributed by atoms with van der Waals surface area (Å²) in [6.45, 7) is 0.0902. The van der Waals surface area contributed by atoms with Crippen molar-refractivity contribution in [3.63, 3.8) is 0 Å². The van der Waals surface area contributed by atoms with E-state index >= 15 is 0 Å². The van der Waals surface area contributed by atoms with Crippen molar-refractivity contribution in [3.8, 4) is 11.3 Å². The molecule has 5 nitrogen and oxygen atoms in total. The normalized spacial score (nSPS) is 13.5. The highest BCUT2D eigenvalue weighted by Crippen LogP contribution is 2.28. The largest absolute Gasteiger partial charge is 0.396 e. The number of carbonyl (C=O) groups is 1. The average Bonchev–Trinajstić information content (AvgIpc) is 2.91. The maximum absolute atomic E-state index is 11.3. The lowest BCUT2D eigenvalue weighted by atomic mass is 10.1. The molecule has 0 unspecified atom stereocenters. The number of aliphatic hydroxyl groups is 1. The van der Waals surface area contributed by atoms with Gasteiger partial charge in [0.05, 0.1) is 18.7 Å². The molecule has 0 radical (unpaired) electrons. The maximum atomic E-state index is 11.3. The summed E-state index contributed by atoms with van der Waals surface area (Å²) >= 11 is 0. The summed E-state index contributed by atoms with van der Waals surface area (Å²) in [7, 11) is 1.92. The number of fused-ring (bicyclic) bond motifs is 1. The number of rotatable bonds is 3. The van der Waals surface area contributed by atoms with Crippen LogP contribution in [0.25, 0.3) is 11.3 Å². The third-order valence-corrected chi connectivity index (χ3v) is 3.33. The van der Waals surface area contributed by atoms with Gasteiger partial charge >= 0.3 is 0 Å². The van der Waals surface area contributed by atoms with E-state index in [-0.39, 0.29) is 12.5 Å². The second-order valence-corrected chi connectivity index (χ2v) is 4.72. The Bertz CT molecular complexity index is 646. The van der Waals surface area contributed by atoms with Gasteiger partial charge in [-0.2, -0.15) is 0 Å². The van der Waals surface area contributed by atoms with E-state index in [2.05, 4.69) is 10.3 Å². The van der Waals surface area contributed by atoms with Gasteiger partial charge in [-0.25, -0.2) is 4.98 Å². The molecule has 0 aliphatic carbocycles. The molecule has 3 rings (SSSR count). The summed E-state index contributed by atoms with van der Waals surface area (Å²) in [4.78, 5) is 15.8. The zero-order valence-electron chi connectivity index (χ0n) is 10.7. The number of amides is 1. The van der Waals surface area contributed by atoms with Crippen molar-refractivity contribution in [1.29, 1.82) is 0 Å². The van der Waals surface area contributed by atoms with Gasteiger partial charge in [0.1, 0.15) is 5.82 Å². The summed E-state index contributed by atoms with van der Waals surface area (Å²) in [6.07, 6.45) is 2.91. The first kappa shape index (κ1) is 11.9. The van der Waals surface area contributed by atoms with Crippen LogP contribution in [0.4, 0.5) is 5.69 Å². The monoisotopic (exact) mass is 257 g/mol. The molecule has 2 heterocycles. The quantitative estimate of drug-likeness (QED) is 0.865. The van der Waals surface area contributed by atoms with E-state index < -0.39 is 0 Å². The van der Waals surface area contributed by atoms with E-state index in [9.17, 15) is 4.79 Å². The summed E-state index contributed by atoms with van der Waals surface area (Å²) in [6, 6.07) is 5.86. The molecule has 0 saturated heterocycles. The zero-order valence-corrected chi connectivity index (χ0v) is 10.7. The number of nitrogens with zero attached hydrogens (tertiary/aromatic N) is 2. The van der Waals surface area contributed by atoms with Gasteiger partial charge in [-0.05, 0) is 17.7 Å². The molecule has 1 aromatic carbocycles. The Morgan fingerprint density at radius 2 is 2.32 bits per heavy atom. The van der Waals surface area contributed by atoms with Crippen LogP contribution in [0.15, 0.2) is 24.4 Å². The number of nitrogens with one attached hydrogen (secondary N) is 1. The molecule has 0 spiro atoms. The summed E-state index contributed by atoms with van der Waals surface area (Å²) in [5, 5.41) is 11.8. The van der Waals surface area contributed by atoms with Crippen LogP contribution in [-0.2, 0) is 24.7 Å². The molecule has 98 valence electrons. The highest BCUT2D eigenvalue weighted by Gasteiger charge is 2.18. The number of aliphatic hydroxyl groups excluding tert-OH is 1. The fraction of sp³-hybridized carbons (Fsp3) is 0.286. The van der Waals surface area contributed by atoms with Crippen LogP contribution in [0.5, 0.6) is 0 Å². The Balaban J connectivity index is 1.97. The number of hydrogen-bond donors (Lipinski definition) is 2. The number of benzene rings is 1. The Kier molecular flexibility index (Phi) is 2.83. The summed E-state index contributed by atoms with van der Waals surface area (Å²) in [5.41, 5.74) is 3.76. The van der Waals surface area contributed by atoms with Crippen LogP contribution in [0, 0.1) is 0 Å². The van der Waals surface area contributed by atoms with E-state index in [4.69, 9.17) is 5.11 Å². The Hall–Kier alpha value is -2.14. The van der Waals surface area contributed by atoms with Crippen LogP contribution < -0.4 is 5.32 Å². The first-order chi connectivity index (χ1) is 9.17. The van der Waals surface area contributed by atoms with E-state index in [0.29, 0.717) is 12.8 Å². The molecule has 2 N–H and O–H groups in total. The molecule has 1 aromatic heterocycles. The van der Waals surface area contributed by atoms with E-state index in [1.54, 1.807) is 0 Å². The molecule has 0 atom stereocenters. The minimum atomic E-state index is 0.0362. The second-order valence-electron chi connectivity index (χ2n) is 4.72. The van der Waals surface area contributed by atoms with Crippen LogP contribution in [-0.4, -0.2) is 27.2 Å². The number of hydrogen-bond acceptors (Lipinski definition) is 3. The topological polar surface area (TPSA) is 67.2 Å². The molecule has 1 aliphatic rings. The fourth-order valence-electron chi connectivity index (χ4n) is 2.36. The van der Waals surface area contributed by atoms with Gasteiger partial charge in [0, 0.05) is 30.9 Å². The fourth-order valence-corrected chi connectivity index (χ4v) is 2.36. The summed E-state index contributed by atoms with van der Waals surface area (Å²) < 4.78 is 1.92. The number of aryl methyl sites for hydroxylation is 1. The van der Waals surface area contributed by atoms with Crippen molar-refractivity contribution in [2.45, 2.75) is 12.8 Å². The molecule has 5 heteroatoms. The molecular weight excluding hydrogens is 242 g/mol. The van der Waals surface area contributed by atoms with Crippen LogP contribution >= 0.6 is 0 Å². The molecular formula is C14H15N3O2. The molecule has 1 amide bonds. The van der Waals surface area contributed by atoms with Gasteiger partial charge in [-0.15, -0.1) is 0 Å². The van der Waals surface area contributed by atoms with Gasteiger partial charge < -0.3 is 15.0 Å². The van der Waals surface area contributed by atoms with Gasteiger partial charge in [0.15, 0.2) is 0 Å². The average molecular weight is 257 g/mol. The van der Waals surface area contributed by atoms with Crippen molar-refractivity contribution in [2.75, 3.05) is 11.9 Å². The summed E-state index contributed by atoms with van der Waals surface area (Å²) in [5.74, 6) is 0.890. The standard InChI is InChI=1S/C14H15N3O2/c1-17-8-12(15-13(17)4-5-18)9-2-3-11-10(6-9)7-14(19)16-11/h2-3,6,8,18H,4-5,7H2,1H3,(H,16,19). The highest BCUT2D eigenvalue weighted by molar-refractivity contribution is 5.99. The second kappa shape index (κ2) is 4.51. The highest BCUT2D eigenvalue weighted by atomic mass is 16.3. The van der Waals surface area contributed by atoms with Gasteiger partial charge in [-0.1, -0.05) is 6.07 Å². The number of carbonyl (C=O) groups excluding carboxylic acids is 1. The number of imidazole rings is 1. The Morgan fingerprint density at radius 1 is 1.47 bits per heavy atom. The predicted octanol–water partition coefficient (Wildman–Crippen LogP) is 1.12. The third kappa shape index (κ3) is 2.13. The zero-order chi connectivity index (χ0) is 13.4. The Labute approximate surface area is 110 Å². The SMILES string of the molecule is Cn1cc(-c2ccc3c(c2)CC(=O)N3)nc1CCO. The molecule has 2 aromatic rings. The predicted molar refractivity (Wildman–Crippen MR) is 71.8 cm³/mol. The van der Waals surface area contributed by atoms with Crippen LogP contribution in [0.3, 0.4) is 0 Å². The molecule has 0 fully saturated rings. The minimum Gasteiger partial charge on any atom is -0.396 e. The first-order valence-corrected chi connectivity index (χ1v) is 6.23. The van der Waals surface area contributed by atoms with Crippen LogP contribution in [0.1, 0.15) is 11.4 Å². The molecule has 0 saturated carbocycles. The number of anilines is 1. The maximum Gasteiger partial charge on any atom is 0.228 e. The van der Waals surface area contributed by atoms with Gasteiger partial charge in [0.2, 0.25) is 5.91 Å². The van der Waals surface area contributed by atoms with Crippen molar-refractivity contribution in [2.24, 2.45) is 7.05 Å². The lowest BCUT2D eigenvalue weighted by Gasteiger charge is -2.01. The van der Waals surface area contributed by atoms with Crippen LogP contribution in [0.2, 0.25) is 0 Å². The van der Waals surface area contributed by atoms with E-state index in [1.165, 1.54) is 0 Å². The Morgan fingerprint density at radius 3 is 3.11 bits per heavy atom. The first-order valence-electron chi connectivity index (χ1n) is 6.23. The van der Waals surface area contributed by atoms with Crippen molar-refractivity contribution >= 4 is 11.6 Å². The van der Waals surface area contributed by atoms with Crippen molar-refractivity contribution in [1.82, 2.24) is 9.55 Å². The van der Waals surface area contributed by atoms with Gasteiger partial charge in [0.25, 0.3) is 0 Å². The van der Waals surface area contributed by atoms with Gasteiger partial charge in [-0.3, -0.25) is 4.79 Å². The minimum absolute atomic E-state index is 0.0362. The van der Waals surface area contributed by atoms with Crippen molar-refractivity contribution in [3.05, 3.63) is 35.8 Å². The van der Waals surface area contributed by atoms with E-state index in [1.807, 2.05) is 36.0 Å².